The molecule has 1 rings (SSSR count). The number of nitrogens with zero attached hydrogens (tertiary/aromatic N) is 1. The maximum absolute atomic E-state index is 6.17. The van der Waals surface area contributed by atoms with Crippen molar-refractivity contribution in [1.29, 1.82) is 0 Å². The molecule has 20 heavy (non-hydrogen) atoms. The monoisotopic (exact) mass is 397 g/mol. The highest BCUT2D eigenvalue weighted by atomic mass is 127. The first-order valence-corrected chi connectivity index (χ1v) is 7.85. The van der Waals surface area contributed by atoms with Crippen molar-refractivity contribution in [3.8, 4) is 0 Å². The highest BCUT2D eigenvalue weighted by molar-refractivity contribution is 14.0. The van der Waals surface area contributed by atoms with Crippen LogP contribution in [-0.4, -0.2) is 38.3 Å². The lowest BCUT2D eigenvalue weighted by molar-refractivity contribution is -0.0657. The van der Waals surface area contributed by atoms with Gasteiger partial charge in [0, 0.05) is 26.7 Å². The van der Waals surface area contributed by atoms with Crippen molar-refractivity contribution in [2.75, 3.05) is 26.7 Å². The zero-order valence-corrected chi connectivity index (χ0v) is 15.7. The van der Waals surface area contributed by atoms with E-state index < -0.39 is 0 Å². The van der Waals surface area contributed by atoms with E-state index in [2.05, 4.69) is 29.5 Å². The molecule has 2 N–H and O–H groups in total. The molecule has 0 bridgehead atoms. The number of hydrogen-bond donors (Lipinski definition) is 2. The quantitative estimate of drug-likeness (QED) is 0.394. The third-order valence-electron chi connectivity index (χ3n) is 3.72. The molecule has 0 aliphatic heterocycles. The Labute approximate surface area is 141 Å². The van der Waals surface area contributed by atoms with E-state index in [1.807, 2.05) is 7.05 Å². The maximum Gasteiger partial charge on any atom is 0.191 e. The Balaban J connectivity index is 0.00000361. The van der Waals surface area contributed by atoms with Gasteiger partial charge in [0.25, 0.3) is 0 Å². The Kier molecular flexibility index (Phi) is 11.6. The van der Waals surface area contributed by atoms with Gasteiger partial charge in [-0.3, -0.25) is 4.99 Å². The van der Waals surface area contributed by atoms with Gasteiger partial charge in [0.2, 0.25) is 0 Å². The number of rotatable bonds is 7. The molecule has 0 saturated heterocycles. The van der Waals surface area contributed by atoms with E-state index in [0.717, 1.165) is 38.5 Å². The van der Waals surface area contributed by atoms with Crippen LogP contribution in [0.4, 0.5) is 0 Å². The largest absolute Gasteiger partial charge is 0.373 e. The van der Waals surface area contributed by atoms with Crippen LogP contribution in [0.5, 0.6) is 0 Å². The van der Waals surface area contributed by atoms with E-state index in [4.69, 9.17) is 4.74 Å². The minimum Gasteiger partial charge on any atom is -0.373 e. The van der Waals surface area contributed by atoms with Gasteiger partial charge in [0.15, 0.2) is 5.96 Å². The molecule has 0 amide bonds. The summed E-state index contributed by atoms with van der Waals surface area (Å²) in [6, 6.07) is 0. The molecule has 0 aromatic carbocycles. The van der Waals surface area contributed by atoms with Gasteiger partial charge in [-0.2, -0.15) is 0 Å². The van der Waals surface area contributed by atoms with Crippen molar-refractivity contribution in [2.45, 2.75) is 64.4 Å². The Morgan fingerprint density at radius 2 is 1.80 bits per heavy atom. The molecule has 0 spiro atoms. The van der Waals surface area contributed by atoms with Gasteiger partial charge in [-0.05, 0) is 25.7 Å². The molecule has 0 atom stereocenters. The molecule has 1 saturated carbocycles. The second kappa shape index (κ2) is 11.6. The highest BCUT2D eigenvalue weighted by Gasteiger charge is 2.32. The lowest BCUT2D eigenvalue weighted by Crippen LogP contribution is -2.49. The summed E-state index contributed by atoms with van der Waals surface area (Å²) >= 11 is 0. The molecular weight excluding hydrogens is 365 g/mol. The molecule has 0 aromatic rings. The van der Waals surface area contributed by atoms with E-state index in [0.29, 0.717) is 0 Å². The molecule has 0 unspecified atom stereocenters. The number of nitrogens with one attached hydrogen (secondary N) is 2. The molecule has 1 aliphatic rings. The number of ether oxygens (including phenoxy) is 1. The van der Waals surface area contributed by atoms with Crippen LogP contribution < -0.4 is 10.6 Å². The van der Waals surface area contributed by atoms with E-state index in [-0.39, 0.29) is 29.6 Å². The standard InChI is InChI=1S/C15H31N3O.HI/c1-4-11-17-14(16-3)18-13-15(19-12-5-2)9-7-6-8-10-15;/h4-13H2,1-3H3,(H2,16,17,18);1H. The average molecular weight is 397 g/mol. The summed E-state index contributed by atoms with van der Waals surface area (Å²) in [4.78, 5) is 4.26. The summed E-state index contributed by atoms with van der Waals surface area (Å²) in [5.74, 6) is 0.895. The van der Waals surface area contributed by atoms with Crippen molar-refractivity contribution in [3.63, 3.8) is 0 Å². The number of guanidine groups is 1. The van der Waals surface area contributed by atoms with Crippen LogP contribution in [-0.2, 0) is 4.74 Å². The van der Waals surface area contributed by atoms with Crippen LogP contribution in [0.1, 0.15) is 58.8 Å². The van der Waals surface area contributed by atoms with Crippen molar-refractivity contribution < 1.29 is 4.74 Å². The summed E-state index contributed by atoms with van der Waals surface area (Å²) in [7, 11) is 1.82. The SMILES string of the molecule is CCCNC(=NC)NCC1(OCCC)CCCCC1.I. The lowest BCUT2D eigenvalue weighted by Gasteiger charge is -2.37. The fourth-order valence-electron chi connectivity index (χ4n) is 2.60. The van der Waals surface area contributed by atoms with Crippen LogP contribution in [0.25, 0.3) is 0 Å². The van der Waals surface area contributed by atoms with E-state index >= 15 is 0 Å². The minimum absolute atomic E-state index is 0. The Morgan fingerprint density at radius 3 is 2.35 bits per heavy atom. The molecule has 0 radical (unpaired) electrons. The number of halogens is 1. The second-order valence-electron chi connectivity index (χ2n) is 5.44. The molecule has 1 fully saturated rings. The van der Waals surface area contributed by atoms with Crippen molar-refractivity contribution in [3.05, 3.63) is 0 Å². The maximum atomic E-state index is 6.17. The molecule has 120 valence electrons. The number of aliphatic imine (C=N–C) groups is 1. The van der Waals surface area contributed by atoms with E-state index in [1.54, 1.807) is 0 Å². The minimum atomic E-state index is 0. The Bertz CT molecular complexity index is 266. The molecule has 5 heteroatoms. The molecule has 0 heterocycles. The van der Waals surface area contributed by atoms with Crippen LogP contribution in [0.15, 0.2) is 4.99 Å². The van der Waals surface area contributed by atoms with Crippen LogP contribution in [0.2, 0.25) is 0 Å². The molecule has 4 nitrogen and oxygen atoms in total. The fraction of sp³-hybridized carbons (Fsp3) is 0.933. The normalized spacial score (nSPS) is 18.2. The molecule has 1 aliphatic carbocycles. The van der Waals surface area contributed by atoms with Crippen LogP contribution in [0, 0.1) is 0 Å². The molecule has 0 aromatic heterocycles. The van der Waals surface area contributed by atoms with Crippen LogP contribution in [0.3, 0.4) is 0 Å². The third kappa shape index (κ3) is 7.11. The predicted octanol–water partition coefficient (Wildman–Crippen LogP) is 3.31. The summed E-state index contributed by atoms with van der Waals surface area (Å²) < 4.78 is 6.17. The first-order chi connectivity index (χ1) is 9.26. The topological polar surface area (TPSA) is 45.7 Å². The summed E-state index contributed by atoms with van der Waals surface area (Å²) in [6.07, 6.45) is 8.46. The number of hydrogen-bond acceptors (Lipinski definition) is 2. The second-order valence-corrected chi connectivity index (χ2v) is 5.44. The van der Waals surface area contributed by atoms with Gasteiger partial charge in [-0.25, -0.2) is 0 Å². The summed E-state index contributed by atoms with van der Waals surface area (Å²) in [5.41, 5.74) is 0.0259. The summed E-state index contributed by atoms with van der Waals surface area (Å²) in [5, 5.41) is 6.75. The van der Waals surface area contributed by atoms with Gasteiger partial charge < -0.3 is 15.4 Å². The van der Waals surface area contributed by atoms with Crippen molar-refractivity contribution in [2.24, 2.45) is 4.99 Å². The average Bonchev–Trinajstić information content (AvgIpc) is 2.46. The van der Waals surface area contributed by atoms with Crippen LogP contribution >= 0.6 is 24.0 Å². The Morgan fingerprint density at radius 1 is 1.10 bits per heavy atom. The van der Waals surface area contributed by atoms with E-state index in [1.165, 1.54) is 32.1 Å². The van der Waals surface area contributed by atoms with Gasteiger partial charge >= 0.3 is 0 Å². The van der Waals surface area contributed by atoms with Crippen molar-refractivity contribution >= 4 is 29.9 Å². The zero-order valence-electron chi connectivity index (χ0n) is 13.3. The predicted molar refractivity (Wildman–Crippen MR) is 97.1 cm³/mol. The Hall–Kier alpha value is -0.0400. The first-order valence-electron chi connectivity index (χ1n) is 7.85. The zero-order chi connectivity index (χ0) is 14.0. The summed E-state index contributed by atoms with van der Waals surface area (Å²) in [6.45, 7) is 7.03. The third-order valence-corrected chi connectivity index (χ3v) is 3.72. The highest BCUT2D eigenvalue weighted by Crippen LogP contribution is 2.31. The van der Waals surface area contributed by atoms with Gasteiger partial charge in [0.1, 0.15) is 0 Å². The van der Waals surface area contributed by atoms with Crippen molar-refractivity contribution in [1.82, 2.24) is 10.6 Å². The smallest absolute Gasteiger partial charge is 0.191 e. The van der Waals surface area contributed by atoms with Gasteiger partial charge in [-0.15, -0.1) is 24.0 Å². The van der Waals surface area contributed by atoms with E-state index in [9.17, 15) is 0 Å². The lowest BCUT2D eigenvalue weighted by atomic mass is 9.84. The van der Waals surface area contributed by atoms with Gasteiger partial charge in [-0.1, -0.05) is 33.1 Å². The van der Waals surface area contributed by atoms with Gasteiger partial charge in [0.05, 0.1) is 5.60 Å². The fourth-order valence-corrected chi connectivity index (χ4v) is 2.60. The molecular formula is C15H32IN3O. The first kappa shape index (κ1) is 20.0.